The number of amides is 1. The zero-order valence-corrected chi connectivity index (χ0v) is 14.0. The van der Waals surface area contributed by atoms with Gasteiger partial charge < -0.3 is 19.3 Å². The number of rotatable bonds is 4. The molecule has 7 nitrogen and oxygen atoms in total. The van der Waals surface area contributed by atoms with E-state index in [2.05, 4.69) is 5.10 Å². The molecule has 0 aliphatic carbocycles. The Morgan fingerprint density at radius 1 is 1.20 bits per heavy atom. The summed E-state index contributed by atoms with van der Waals surface area (Å²) < 4.78 is 55.1. The van der Waals surface area contributed by atoms with Gasteiger partial charge in [0, 0.05) is 17.7 Å². The van der Waals surface area contributed by atoms with E-state index in [-0.39, 0.29) is 33.5 Å². The molecule has 138 valence electrons. The number of hydrogen-bond donors (Lipinski definition) is 1. The van der Waals surface area contributed by atoms with Crippen molar-refractivity contribution in [1.82, 2.24) is 5.01 Å². The van der Waals surface area contributed by atoms with Gasteiger partial charge in [0.1, 0.15) is 0 Å². The second-order valence-electron chi connectivity index (χ2n) is 5.36. The Kier molecular flexibility index (Phi) is 4.85. The summed E-state index contributed by atoms with van der Waals surface area (Å²) in [6, 6.07) is 2.37. The fraction of sp³-hybridized carbons (Fsp3) is 0.467. The van der Waals surface area contributed by atoms with Crippen LogP contribution in [0.3, 0.4) is 0 Å². The van der Waals surface area contributed by atoms with E-state index in [0.29, 0.717) is 0 Å². The van der Waals surface area contributed by atoms with Gasteiger partial charge in [0.25, 0.3) is 11.6 Å². The summed E-state index contributed by atoms with van der Waals surface area (Å²) in [6.07, 6.45) is -5.91. The van der Waals surface area contributed by atoms with Crippen LogP contribution in [-0.4, -0.2) is 55.0 Å². The molecule has 0 bridgehead atoms. The Balaban J connectivity index is 2.53. The summed E-state index contributed by atoms with van der Waals surface area (Å²) in [5.41, 5.74) is -3.65. The zero-order valence-electron chi connectivity index (χ0n) is 14.0. The number of hydrogen-bond acceptors (Lipinski definition) is 6. The van der Waals surface area contributed by atoms with E-state index in [1.54, 1.807) is 0 Å². The molecule has 1 aliphatic heterocycles. The largest absolute Gasteiger partial charge is 0.493 e. The quantitative estimate of drug-likeness (QED) is 0.888. The first-order valence-corrected chi connectivity index (χ1v) is 7.06. The molecular weight excluding hydrogens is 345 g/mol. The third-order valence-electron chi connectivity index (χ3n) is 3.68. The van der Waals surface area contributed by atoms with Crippen LogP contribution in [-0.2, 0) is 0 Å². The summed E-state index contributed by atoms with van der Waals surface area (Å²) in [4.78, 5) is 12.6. The lowest BCUT2D eigenvalue weighted by molar-refractivity contribution is -0.297. The topological polar surface area (TPSA) is 80.6 Å². The van der Waals surface area contributed by atoms with Gasteiger partial charge in [-0.2, -0.15) is 23.3 Å². The van der Waals surface area contributed by atoms with Crippen molar-refractivity contribution in [2.75, 3.05) is 21.3 Å². The van der Waals surface area contributed by atoms with E-state index in [4.69, 9.17) is 14.2 Å². The monoisotopic (exact) mass is 362 g/mol. The number of halogens is 3. The smallest absolute Gasteiger partial charge is 0.438 e. The SMILES string of the molecule is COc1cc(C(=O)N2N=C(C)CC2(O)C(F)(F)F)cc(OC)c1OC. The predicted molar refractivity (Wildman–Crippen MR) is 81.0 cm³/mol. The Morgan fingerprint density at radius 3 is 2.12 bits per heavy atom. The van der Waals surface area contributed by atoms with E-state index in [9.17, 15) is 23.1 Å². The van der Waals surface area contributed by atoms with E-state index in [0.717, 1.165) is 0 Å². The van der Waals surface area contributed by atoms with Gasteiger partial charge in [-0.25, -0.2) is 0 Å². The van der Waals surface area contributed by atoms with Crippen LogP contribution >= 0.6 is 0 Å². The van der Waals surface area contributed by atoms with Crippen LogP contribution < -0.4 is 14.2 Å². The summed E-state index contributed by atoms with van der Waals surface area (Å²) in [5.74, 6) is -0.814. The summed E-state index contributed by atoms with van der Waals surface area (Å²) in [7, 11) is 3.95. The highest BCUT2D eigenvalue weighted by atomic mass is 19.4. The average molecular weight is 362 g/mol. The van der Waals surface area contributed by atoms with Crippen LogP contribution in [0.15, 0.2) is 17.2 Å². The van der Waals surface area contributed by atoms with Gasteiger partial charge in [0.15, 0.2) is 11.5 Å². The van der Waals surface area contributed by atoms with E-state index >= 15 is 0 Å². The maximum absolute atomic E-state index is 13.3. The fourth-order valence-electron chi connectivity index (χ4n) is 2.48. The number of carbonyl (C=O) groups is 1. The number of hydrazone groups is 1. The summed E-state index contributed by atoms with van der Waals surface area (Å²) >= 11 is 0. The minimum atomic E-state index is -5.08. The predicted octanol–water partition coefficient (Wildman–Crippen LogP) is 2.19. The van der Waals surface area contributed by atoms with Gasteiger partial charge in [0.2, 0.25) is 5.75 Å². The third kappa shape index (κ3) is 3.09. The normalized spacial score (nSPS) is 20.3. The fourth-order valence-corrected chi connectivity index (χ4v) is 2.48. The first kappa shape index (κ1) is 18.8. The molecule has 1 atom stereocenters. The second-order valence-corrected chi connectivity index (χ2v) is 5.36. The van der Waals surface area contributed by atoms with Gasteiger partial charge in [0.05, 0.1) is 21.3 Å². The van der Waals surface area contributed by atoms with Crippen molar-refractivity contribution in [2.45, 2.75) is 25.2 Å². The number of benzene rings is 1. The number of methoxy groups -OCH3 is 3. The lowest BCUT2D eigenvalue weighted by Gasteiger charge is -2.32. The minimum absolute atomic E-state index is 0.0272. The van der Waals surface area contributed by atoms with Crippen molar-refractivity contribution >= 4 is 11.6 Å². The molecule has 1 unspecified atom stereocenters. The zero-order chi connectivity index (χ0) is 19.0. The average Bonchev–Trinajstić information content (AvgIpc) is 2.88. The first-order chi connectivity index (χ1) is 11.6. The van der Waals surface area contributed by atoms with Crippen molar-refractivity contribution in [1.29, 1.82) is 0 Å². The first-order valence-electron chi connectivity index (χ1n) is 7.06. The second kappa shape index (κ2) is 6.43. The van der Waals surface area contributed by atoms with Crippen LogP contribution in [0, 0.1) is 0 Å². The highest BCUT2D eigenvalue weighted by Crippen LogP contribution is 2.43. The molecule has 0 fully saturated rings. The van der Waals surface area contributed by atoms with Crippen LogP contribution in [0.2, 0.25) is 0 Å². The van der Waals surface area contributed by atoms with Crippen LogP contribution in [0.1, 0.15) is 23.7 Å². The maximum Gasteiger partial charge on any atom is 0.438 e. The third-order valence-corrected chi connectivity index (χ3v) is 3.68. The number of ether oxygens (including phenoxy) is 3. The maximum atomic E-state index is 13.3. The van der Waals surface area contributed by atoms with Gasteiger partial charge in [-0.05, 0) is 19.1 Å². The molecule has 1 heterocycles. The summed E-state index contributed by atoms with van der Waals surface area (Å²) in [5, 5.41) is 13.6. The van der Waals surface area contributed by atoms with Crippen molar-refractivity contribution in [3.05, 3.63) is 17.7 Å². The number of carbonyl (C=O) groups excluding carboxylic acids is 1. The molecule has 0 saturated carbocycles. The molecule has 0 radical (unpaired) electrons. The lowest BCUT2D eigenvalue weighted by Crippen LogP contribution is -2.56. The van der Waals surface area contributed by atoms with Gasteiger partial charge in [-0.15, -0.1) is 0 Å². The van der Waals surface area contributed by atoms with Crippen molar-refractivity contribution in [3.63, 3.8) is 0 Å². The van der Waals surface area contributed by atoms with Crippen LogP contribution in [0.5, 0.6) is 17.2 Å². The van der Waals surface area contributed by atoms with Gasteiger partial charge in [-0.3, -0.25) is 4.79 Å². The van der Waals surface area contributed by atoms with Crippen LogP contribution in [0.4, 0.5) is 13.2 Å². The molecule has 0 spiro atoms. The molecule has 0 aromatic heterocycles. The van der Waals surface area contributed by atoms with Crippen molar-refractivity contribution in [2.24, 2.45) is 5.10 Å². The Hall–Kier alpha value is -2.49. The molecule has 1 aromatic carbocycles. The highest BCUT2D eigenvalue weighted by molar-refractivity contribution is 5.98. The Morgan fingerprint density at radius 2 is 1.72 bits per heavy atom. The lowest BCUT2D eigenvalue weighted by atomic mass is 10.1. The molecule has 1 N–H and O–H groups in total. The van der Waals surface area contributed by atoms with E-state index in [1.807, 2.05) is 0 Å². The highest BCUT2D eigenvalue weighted by Gasteiger charge is 2.62. The number of nitrogens with zero attached hydrogens (tertiary/aromatic N) is 2. The molecule has 2 rings (SSSR count). The molecule has 1 aliphatic rings. The molecule has 25 heavy (non-hydrogen) atoms. The Labute approximate surface area is 141 Å². The molecule has 1 amide bonds. The summed E-state index contributed by atoms with van der Waals surface area (Å²) in [6.45, 7) is 1.29. The van der Waals surface area contributed by atoms with Gasteiger partial charge in [-0.1, -0.05) is 0 Å². The molecule has 10 heteroatoms. The molecular formula is C15H17F3N2O5. The molecule has 1 aromatic rings. The number of alkyl halides is 3. The van der Waals surface area contributed by atoms with Gasteiger partial charge >= 0.3 is 6.18 Å². The molecule has 0 saturated heterocycles. The minimum Gasteiger partial charge on any atom is -0.493 e. The Bertz CT molecular complexity index is 695. The van der Waals surface area contributed by atoms with Crippen LogP contribution in [0.25, 0.3) is 0 Å². The van der Waals surface area contributed by atoms with E-state index in [1.165, 1.54) is 40.4 Å². The standard InChI is InChI=1S/C15H17F3N2O5/c1-8-7-14(22,15(16,17)18)20(19-8)13(21)9-5-10(23-2)12(25-4)11(6-9)24-3/h5-6,22H,7H2,1-4H3. The number of aliphatic hydroxyl groups is 1. The van der Waals surface area contributed by atoms with E-state index < -0.39 is 24.2 Å². The van der Waals surface area contributed by atoms with Crippen molar-refractivity contribution in [3.8, 4) is 17.2 Å². The van der Waals surface area contributed by atoms with Crippen molar-refractivity contribution < 1.29 is 37.3 Å².